The summed E-state index contributed by atoms with van der Waals surface area (Å²) in [4.78, 5) is 28.2. The minimum absolute atomic E-state index is 0.0346. The first-order chi connectivity index (χ1) is 18.4. The third kappa shape index (κ3) is 7.23. The van der Waals surface area contributed by atoms with E-state index in [1.54, 1.807) is 56.3 Å². The van der Waals surface area contributed by atoms with Gasteiger partial charge in [-0.1, -0.05) is 61.0 Å². The van der Waals surface area contributed by atoms with Gasteiger partial charge < -0.3 is 10.2 Å². The number of anilines is 1. The molecule has 0 heterocycles. The standard InChI is InChI=1S/C30H36FN3O4S/c1-6-23(4)32-30(36)24(5)33(19-25-12-8-9-13-27(25)31)29(35)20-34(28-14-10-7-11-22(28)3)39(37,38)26-17-15-21(2)16-18-26/h7-18,23-24H,6,19-20H2,1-5H3,(H,32,36)/t23-,24-/m1/s1. The van der Waals surface area contributed by atoms with Crippen molar-refractivity contribution in [2.24, 2.45) is 0 Å². The minimum atomic E-state index is -4.16. The molecule has 3 rings (SSSR count). The van der Waals surface area contributed by atoms with Crippen LogP contribution in [0.4, 0.5) is 10.1 Å². The lowest BCUT2D eigenvalue weighted by Gasteiger charge is -2.33. The Bertz CT molecular complexity index is 1410. The van der Waals surface area contributed by atoms with Crippen molar-refractivity contribution in [1.29, 1.82) is 0 Å². The highest BCUT2D eigenvalue weighted by molar-refractivity contribution is 7.92. The van der Waals surface area contributed by atoms with Crippen LogP contribution in [0.5, 0.6) is 0 Å². The zero-order chi connectivity index (χ0) is 28.7. The van der Waals surface area contributed by atoms with Gasteiger partial charge in [-0.2, -0.15) is 0 Å². The summed E-state index contributed by atoms with van der Waals surface area (Å²) in [5, 5.41) is 2.86. The molecule has 7 nitrogen and oxygen atoms in total. The number of amides is 2. The lowest BCUT2D eigenvalue weighted by molar-refractivity contribution is -0.139. The second-order valence-corrected chi connectivity index (χ2v) is 11.6. The summed E-state index contributed by atoms with van der Waals surface area (Å²) in [6.07, 6.45) is 0.690. The molecule has 0 unspecified atom stereocenters. The van der Waals surface area contributed by atoms with E-state index in [0.717, 1.165) is 9.87 Å². The fourth-order valence-corrected chi connectivity index (χ4v) is 5.53. The number of rotatable bonds is 11. The highest BCUT2D eigenvalue weighted by atomic mass is 32.2. The van der Waals surface area contributed by atoms with E-state index in [0.29, 0.717) is 17.7 Å². The van der Waals surface area contributed by atoms with Crippen LogP contribution in [0.25, 0.3) is 0 Å². The van der Waals surface area contributed by atoms with Gasteiger partial charge in [0.2, 0.25) is 11.8 Å². The van der Waals surface area contributed by atoms with Crippen LogP contribution in [-0.2, 0) is 26.2 Å². The van der Waals surface area contributed by atoms with E-state index in [2.05, 4.69) is 5.32 Å². The third-order valence-electron chi connectivity index (χ3n) is 6.74. The number of halogens is 1. The van der Waals surface area contributed by atoms with Crippen molar-refractivity contribution in [2.45, 2.75) is 64.6 Å². The van der Waals surface area contributed by atoms with Crippen LogP contribution in [0.2, 0.25) is 0 Å². The summed E-state index contributed by atoms with van der Waals surface area (Å²) in [6, 6.07) is 18.2. The number of carbonyl (C=O) groups is 2. The van der Waals surface area contributed by atoms with Crippen molar-refractivity contribution in [3.8, 4) is 0 Å². The second-order valence-electron chi connectivity index (χ2n) is 9.72. The zero-order valence-corrected chi connectivity index (χ0v) is 23.8. The van der Waals surface area contributed by atoms with Crippen LogP contribution < -0.4 is 9.62 Å². The molecule has 39 heavy (non-hydrogen) atoms. The Morgan fingerprint density at radius 2 is 1.54 bits per heavy atom. The summed E-state index contributed by atoms with van der Waals surface area (Å²) in [5.74, 6) is -1.56. The highest BCUT2D eigenvalue weighted by Crippen LogP contribution is 2.27. The first-order valence-corrected chi connectivity index (χ1v) is 14.4. The van der Waals surface area contributed by atoms with Gasteiger partial charge in [0, 0.05) is 18.2 Å². The largest absolute Gasteiger partial charge is 0.352 e. The highest BCUT2D eigenvalue weighted by Gasteiger charge is 2.33. The molecule has 0 saturated carbocycles. The van der Waals surface area contributed by atoms with Crippen molar-refractivity contribution in [3.05, 3.63) is 95.3 Å². The normalized spacial score (nSPS) is 12.9. The molecule has 2 atom stereocenters. The molecule has 0 aliphatic carbocycles. The fourth-order valence-electron chi connectivity index (χ4n) is 4.05. The topological polar surface area (TPSA) is 86.8 Å². The van der Waals surface area contributed by atoms with Gasteiger partial charge in [0.25, 0.3) is 10.0 Å². The van der Waals surface area contributed by atoms with Crippen LogP contribution in [0, 0.1) is 19.7 Å². The van der Waals surface area contributed by atoms with Crippen LogP contribution >= 0.6 is 0 Å². The van der Waals surface area contributed by atoms with E-state index in [9.17, 15) is 22.4 Å². The van der Waals surface area contributed by atoms with Gasteiger partial charge in [0.1, 0.15) is 18.4 Å². The van der Waals surface area contributed by atoms with Crippen LogP contribution in [-0.4, -0.2) is 43.8 Å². The average Bonchev–Trinajstić information content (AvgIpc) is 2.91. The smallest absolute Gasteiger partial charge is 0.264 e. The molecule has 0 bridgehead atoms. The number of nitrogens with zero attached hydrogens (tertiary/aromatic N) is 2. The Morgan fingerprint density at radius 3 is 2.15 bits per heavy atom. The molecular formula is C30H36FN3O4S. The SMILES string of the molecule is CC[C@@H](C)NC(=O)[C@@H](C)N(Cc1ccccc1F)C(=O)CN(c1ccccc1C)S(=O)(=O)c1ccc(C)cc1. The lowest BCUT2D eigenvalue weighted by atomic mass is 10.1. The summed E-state index contributed by atoms with van der Waals surface area (Å²) in [7, 11) is -4.16. The molecule has 9 heteroatoms. The molecule has 0 saturated heterocycles. The van der Waals surface area contributed by atoms with E-state index in [4.69, 9.17) is 0 Å². The molecule has 1 N–H and O–H groups in total. The molecule has 0 aliphatic heterocycles. The number of hydrogen-bond donors (Lipinski definition) is 1. The monoisotopic (exact) mass is 553 g/mol. The van der Waals surface area contributed by atoms with Gasteiger partial charge in [-0.25, -0.2) is 12.8 Å². The predicted molar refractivity (Wildman–Crippen MR) is 151 cm³/mol. The maximum atomic E-state index is 14.6. The molecule has 0 radical (unpaired) electrons. The van der Waals surface area contributed by atoms with E-state index >= 15 is 0 Å². The fraction of sp³-hybridized carbons (Fsp3) is 0.333. The Labute approximate surface area is 230 Å². The number of nitrogens with one attached hydrogen (secondary N) is 1. The Hall–Kier alpha value is -3.72. The molecule has 0 spiro atoms. The Kier molecular flexibility index (Phi) is 9.86. The number of para-hydroxylation sites is 1. The predicted octanol–water partition coefficient (Wildman–Crippen LogP) is 4.97. The number of benzene rings is 3. The van der Waals surface area contributed by atoms with Gasteiger partial charge in [-0.15, -0.1) is 0 Å². The molecule has 208 valence electrons. The Morgan fingerprint density at radius 1 is 0.923 bits per heavy atom. The molecule has 2 amide bonds. The molecule has 3 aromatic carbocycles. The maximum Gasteiger partial charge on any atom is 0.264 e. The molecule has 3 aromatic rings. The zero-order valence-electron chi connectivity index (χ0n) is 23.0. The number of carbonyl (C=O) groups excluding carboxylic acids is 2. The molecular weight excluding hydrogens is 517 g/mol. The molecule has 0 aromatic heterocycles. The quantitative estimate of drug-likeness (QED) is 0.363. The Balaban J connectivity index is 2.05. The second kappa shape index (κ2) is 12.9. The molecule has 0 aliphatic rings. The summed E-state index contributed by atoms with van der Waals surface area (Å²) >= 11 is 0. The van der Waals surface area contributed by atoms with Crippen molar-refractivity contribution < 1.29 is 22.4 Å². The average molecular weight is 554 g/mol. The van der Waals surface area contributed by atoms with E-state index < -0.39 is 40.2 Å². The van der Waals surface area contributed by atoms with Crippen LogP contribution in [0.15, 0.2) is 77.7 Å². The third-order valence-corrected chi connectivity index (χ3v) is 8.51. The van der Waals surface area contributed by atoms with Crippen molar-refractivity contribution >= 4 is 27.5 Å². The maximum absolute atomic E-state index is 14.6. The summed E-state index contributed by atoms with van der Waals surface area (Å²) in [6.45, 7) is 8.17. The van der Waals surface area contributed by atoms with Gasteiger partial charge in [-0.05, 0) is 63.9 Å². The summed E-state index contributed by atoms with van der Waals surface area (Å²) < 4.78 is 43.4. The number of hydrogen-bond acceptors (Lipinski definition) is 4. The van der Waals surface area contributed by atoms with Gasteiger partial charge >= 0.3 is 0 Å². The minimum Gasteiger partial charge on any atom is -0.352 e. The van der Waals surface area contributed by atoms with Crippen molar-refractivity contribution in [3.63, 3.8) is 0 Å². The number of aryl methyl sites for hydroxylation is 2. The van der Waals surface area contributed by atoms with Gasteiger partial charge in [0.05, 0.1) is 10.6 Å². The first kappa shape index (κ1) is 29.8. The van der Waals surface area contributed by atoms with Crippen molar-refractivity contribution in [1.82, 2.24) is 10.2 Å². The van der Waals surface area contributed by atoms with Crippen molar-refractivity contribution in [2.75, 3.05) is 10.8 Å². The van der Waals surface area contributed by atoms with Gasteiger partial charge in [-0.3, -0.25) is 13.9 Å². The number of sulfonamides is 1. The summed E-state index contributed by atoms with van der Waals surface area (Å²) in [5.41, 5.74) is 2.11. The van der Waals surface area contributed by atoms with E-state index in [-0.39, 0.29) is 23.0 Å². The van der Waals surface area contributed by atoms with Gasteiger partial charge in [0.15, 0.2) is 0 Å². The molecule has 0 fully saturated rings. The first-order valence-electron chi connectivity index (χ1n) is 12.9. The van der Waals surface area contributed by atoms with Crippen LogP contribution in [0.3, 0.4) is 0 Å². The van der Waals surface area contributed by atoms with E-state index in [1.165, 1.54) is 35.2 Å². The van der Waals surface area contributed by atoms with Crippen LogP contribution in [0.1, 0.15) is 43.9 Å². The van der Waals surface area contributed by atoms with E-state index in [1.807, 2.05) is 20.8 Å². The lowest BCUT2D eigenvalue weighted by Crippen LogP contribution is -2.52.